The predicted octanol–water partition coefficient (Wildman–Crippen LogP) is 2.68. The molecule has 0 aliphatic heterocycles. The van der Waals surface area contributed by atoms with E-state index in [0.717, 1.165) is 11.8 Å². The summed E-state index contributed by atoms with van der Waals surface area (Å²) in [6.07, 6.45) is 0. The van der Waals surface area contributed by atoms with Gasteiger partial charge < -0.3 is 10.1 Å². The van der Waals surface area contributed by atoms with Crippen LogP contribution in [0.3, 0.4) is 0 Å². The van der Waals surface area contributed by atoms with E-state index in [4.69, 9.17) is 10.4 Å². The number of hydrogen-bond donors (Lipinski definition) is 2. The topological polar surface area (TPSA) is 93.9 Å². The highest BCUT2D eigenvalue weighted by atomic mass is 32.2. The molecule has 0 aliphatic carbocycles. The Morgan fingerprint density at radius 3 is 2.86 bits per heavy atom. The average molecular weight is 318 g/mol. The number of benzene rings is 1. The number of carboxylic acids is 1. The molecule has 0 fully saturated rings. The van der Waals surface area contributed by atoms with Gasteiger partial charge in [-0.3, -0.25) is 4.79 Å². The number of thioether (sulfide) groups is 1. The fraction of sp³-hybridized carbons (Fsp3) is 0.133. The van der Waals surface area contributed by atoms with E-state index in [9.17, 15) is 14.0 Å². The lowest BCUT2D eigenvalue weighted by molar-refractivity contribution is 0.0691. The van der Waals surface area contributed by atoms with Crippen LogP contribution in [0.2, 0.25) is 0 Å². The number of carbonyl (C=O) groups is 1. The maximum absolute atomic E-state index is 14.0. The molecule has 0 bridgehead atoms. The SMILES string of the molecule is Cc1cc(=O)[nH]c(SCc2cccc(C(=O)O)c2F)c1C#N. The number of aromatic amines is 1. The second kappa shape index (κ2) is 6.45. The summed E-state index contributed by atoms with van der Waals surface area (Å²) < 4.78 is 14.0. The Morgan fingerprint density at radius 1 is 1.50 bits per heavy atom. The van der Waals surface area contributed by atoms with Crippen LogP contribution in [0.15, 0.2) is 34.1 Å². The van der Waals surface area contributed by atoms with Crippen LogP contribution in [0.1, 0.15) is 27.0 Å². The average Bonchev–Trinajstić information content (AvgIpc) is 2.45. The third kappa shape index (κ3) is 3.18. The molecule has 0 radical (unpaired) electrons. The normalized spacial score (nSPS) is 10.2. The second-order valence-electron chi connectivity index (χ2n) is 4.51. The molecule has 0 saturated heterocycles. The zero-order valence-electron chi connectivity index (χ0n) is 11.5. The van der Waals surface area contributed by atoms with Crippen molar-refractivity contribution in [3.63, 3.8) is 0 Å². The minimum atomic E-state index is -1.34. The Bertz CT molecular complexity index is 840. The molecule has 112 valence electrons. The van der Waals surface area contributed by atoms with Crippen molar-refractivity contribution >= 4 is 17.7 Å². The zero-order valence-corrected chi connectivity index (χ0v) is 12.3. The molecule has 2 N–H and O–H groups in total. The maximum Gasteiger partial charge on any atom is 0.338 e. The van der Waals surface area contributed by atoms with Crippen molar-refractivity contribution in [2.75, 3.05) is 0 Å². The lowest BCUT2D eigenvalue weighted by atomic mass is 10.1. The second-order valence-corrected chi connectivity index (χ2v) is 5.49. The van der Waals surface area contributed by atoms with Crippen molar-refractivity contribution in [2.24, 2.45) is 0 Å². The third-order valence-corrected chi connectivity index (χ3v) is 4.05. The van der Waals surface area contributed by atoms with Gasteiger partial charge in [-0.2, -0.15) is 5.26 Å². The molecule has 7 heteroatoms. The van der Waals surface area contributed by atoms with Gasteiger partial charge in [-0.15, -0.1) is 11.8 Å². The van der Waals surface area contributed by atoms with Gasteiger partial charge in [-0.25, -0.2) is 9.18 Å². The molecule has 2 rings (SSSR count). The number of aromatic nitrogens is 1. The van der Waals surface area contributed by atoms with E-state index >= 15 is 0 Å². The van der Waals surface area contributed by atoms with Crippen LogP contribution >= 0.6 is 11.8 Å². The van der Waals surface area contributed by atoms with E-state index in [2.05, 4.69) is 4.98 Å². The molecule has 0 atom stereocenters. The highest BCUT2D eigenvalue weighted by Gasteiger charge is 2.15. The minimum absolute atomic E-state index is 0.0982. The van der Waals surface area contributed by atoms with E-state index in [-0.39, 0.29) is 16.9 Å². The van der Waals surface area contributed by atoms with Gasteiger partial charge in [-0.05, 0) is 24.1 Å². The Kier molecular flexibility index (Phi) is 4.63. The fourth-order valence-electron chi connectivity index (χ4n) is 1.91. The number of H-pyrrole nitrogens is 1. The minimum Gasteiger partial charge on any atom is -0.478 e. The standard InChI is InChI=1S/C15H11FN2O3S/c1-8-5-12(19)18-14(11(8)6-17)22-7-9-3-2-4-10(13(9)16)15(20)21/h2-5H,7H2,1H3,(H,18,19)(H,20,21). The van der Waals surface area contributed by atoms with Crippen molar-refractivity contribution in [3.8, 4) is 6.07 Å². The molecule has 0 unspecified atom stereocenters. The third-order valence-electron chi connectivity index (χ3n) is 3.00. The highest BCUT2D eigenvalue weighted by Crippen LogP contribution is 2.26. The molecular weight excluding hydrogens is 307 g/mol. The van der Waals surface area contributed by atoms with E-state index in [1.54, 1.807) is 6.92 Å². The van der Waals surface area contributed by atoms with Crippen molar-refractivity contribution in [1.82, 2.24) is 4.98 Å². The highest BCUT2D eigenvalue weighted by molar-refractivity contribution is 7.98. The fourth-order valence-corrected chi connectivity index (χ4v) is 2.96. The number of rotatable bonds is 4. The molecule has 0 spiro atoms. The number of nitriles is 1. The number of nitrogens with one attached hydrogen (secondary N) is 1. The van der Waals surface area contributed by atoms with Crippen LogP contribution in [0.4, 0.5) is 4.39 Å². The molecule has 1 heterocycles. The first-order chi connectivity index (χ1) is 10.4. The summed E-state index contributed by atoms with van der Waals surface area (Å²) in [5, 5.41) is 18.4. The summed E-state index contributed by atoms with van der Waals surface area (Å²) in [6.45, 7) is 1.64. The van der Waals surface area contributed by atoms with Crippen LogP contribution in [0.25, 0.3) is 0 Å². The number of halogens is 1. The van der Waals surface area contributed by atoms with Crippen molar-refractivity contribution in [3.05, 3.63) is 62.7 Å². The first-order valence-electron chi connectivity index (χ1n) is 6.21. The Labute approximate surface area is 129 Å². The van der Waals surface area contributed by atoms with Gasteiger partial charge in [0, 0.05) is 11.8 Å². The number of carboxylic acid groups (broad SMARTS) is 1. The van der Waals surface area contributed by atoms with E-state index < -0.39 is 17.3 Å². The molecule has 0 amide bonds. The summed E-state index contributed by atoms with van der Waals surface area (Å²) in [4.78, 5) is 24.9. The van der Waals surface area contributed by atoms with E-state index in [0.29, 0.717) is 16.2 Å². The number of pyridine rings is 1. The van der Waals surface area contributed by atoms with E-state index in [1.165, 1.54) is 24.3 Å². The number of aryl methyl sites for hydroxylation is 1. The lowest BCUT2D eigenvalue weighted by Crippen LogP contribution is -2.09. The molecule has 0 saturated carbocycles. The van der Waals surface area contributed by atoms with Gasteiger partial charge >= 0.3 is 5.97 Å². The summed E-state index contributed by atoms with van der Waals surface area (Å²) >= 11 is 1.08. The van der Waals surface area contributed by atoms with Gasteiger partial charge in [0.2, 0.25) is 5.56 Å². The number of aromatic carboxylic acids is 1. The summed E-state index contributed by atoms with van der Waals surface area (Å²) in [7, 11) is 0. The van der Waals surface area contributed by atoms with Crippen LogP contribution in [0, 0.1) is 24.1 Å². The molecule has 1 aromatic heterocycles. The van der Waals surface area contributed by atoms with E-state index in [1.807, 2.05) is 6.07 Å². The van der Waals surface area contributed by atoms with Crippen molar-refractivity contribution < 1.29 is 14.3 Å². The largest absolute Gasteiger partial charge is 0.478 e. The zero-order chi connectivity index (χ0) is 16.3. The van der Waals surface area contributed by atoms with Crippen molar-refractivity contribution in [1.29, 1.82) is 5.26 Å². The summed E-state index contributed by atoms with van der Waals surface area (Å²) in [5.41, 5.74) is 0.291. The molecule has 1 aromatic carbocycles. The molecule has 0 aliphatic rings. The van der Waals surface area contributed by atoms with Crippen LogP contribution < -0.4 is 5.56 Å². The van der Waals surface area contributed by atoms with Gasteiger partial charge in [0.15, 0.2) is 0 Å². The monoisotopic (exact) mass is 318 g/mol. The van der Waals surface area contributed by atoms with Gasteiger partial charge in [-0.1, -0.05) is 12.1 Å². The molecule has 22 heavy (non-hydrogen) atoms. The first kappa shape index (κ1) is 15.8. The lowest BCUT2D eigenvalue weighted by Gasteiger charge is -2.08. The maximum atomic E-state index is 14.0. The van der Waals surface area contributed by atoms with Gasteiger partial charge in [0.25, 0.3) is 0 Å². The summed E-state index contributed by atoms with van der Waals surface area (Å²) in [5.74, 6) is -2.05. The quantitative estimate of drug-likeness (QED) is 0.845. The number of nitrogens with zero attached hydrogens (tertiary/aromatic N) is 1. The Hall–Kier alpha value is -2.59. The van der Waals surface area contributed by atoms with Gasteiger partial charge in [0.1, 0.15) is 11.9 Å². The van der Waals surface area contributed by atoms with Gasteiger partial charge in [0.05, 0.1) is 16.2 Å². The van der Waals surface area contributed by atoms with Crippen LogP contribution in [-0.2, 0) is 5.75 Å². The number of hydrogen-bond acceptors (Lipinski definition) is 4. The van der Waals surface area contributed by atoms with Crippen LogP contribution in [0.5, 0.6) is 0 Å². The Balaban J connectivity index is 2.32. The first-order valence-corrected chi connectivity index (χ1v) is 7.20. The predicted molar refractivity (Wildman–Crippen MR) is 79.4 cm³/mol. The molecule has 5 nitrogen and oxygen atoms in total. The van der Waals surface area contributed by atoms with Crippen molar-refractivity contribution in [2.45, 2.75) is 17.7 Å². The summed E-state index contributed by atoms with van der Waals surface area (Å²) in [6, 6.07) is 7.41. The smallest absolute Gasteiger partial charge is 0.338 e. The Morgan fingerprint density at radius 2 is 2.23 bits per heavy atom. The molecular formula is C15H11FN2O3S. The van der Waals surface area contributed by atoms with Crippen LogP contribution in [-0.4, -0.2) is 16.1 Å². The molecule has 2 aromatic rings.